The summed E-state index contributed by atoms with van der Waals surface area (Å²) in [6, 6.07) is 12.7. The van der Waals surface area contributed by atoms with Gasteiger partial charge in [-0.3, -0.25) is 0 Å². The predicted octanol–water partition coefficient (Wildman–Crippen LogP) is 1.85. The number of benzene rings is 2. The first-order chi connectivity index (χ1) is 16.4. The molecule has 4 rings (SSSR count). The van der Waals surface area contributed by atoms with E-state index in [1.54, 1.807) is 21.3 Å². The van der Waals surface area contributed by atoms with Crippen molar-refractivity contribution in [3.63, 3.8) is 0 Å². The van der Waals surface area contributed by atoms with Crippen LogP contribution < -0.4 is 22.4 Å². The molecule has 1 atom stereocenters. The number of nitrogens with zero attached hydrogens (tertiary/aromatic N) is 2. The van der Waals surface area contributed by atoms with Gasteiger partial charge in [-0.05, 0) is 59.6 Å². The number of rotatable bonds is 9. The number of nitrogens with two attached hydrogens (primary N) is 1. The van der Waals surface area contributed by atoms with Crippen LogP contribution in [0.15, 0.2) is 45.7 Å². The molecular formula is C25H33N5O4. The van der Waals surface area contributed by atoms with Crippen LogP contribution in [0.1, 0.15) is 52.5 Å². The van der Waals surface area contributed by atoms with Crippen LogP contribution in [0.25, 0.3) is 0 Å². The van der Waals surface area contributed by atoms with Gasteiger partial charge < -0.3 is 19.9 Å². The van der Waals surface area contributed by atoms with Gasteiger partial charge in [-0.25, -0.2) is 4.79 Å². The standard InChI is InChI=1S/C25H33N5O4/c1-16(26)13-25(23-29-24(31)34-30(23)2)21-9-5-17(14-27-32-3)11-19(21)7-8-20-12-18(15-28-33-4)6-10-22(20)25/h5-6,9-12,16,27-28H,7-8,13-15,26H2,1-4H3/t16-/m1/s1. The largest absolute Gasteiger partial charge is 0.459 e. The van der Waals surface area contributed by atoms with Gasteiger partial charge in [0.2, 0.25) is 0 Å². The zero-order chi connectivity index (χ0) is 24.3. The lowest BCUT2D eigenvalue weighted by Crippen LogP contribution is -2.39. The third-order valence-corrected chi connectivity index (χ3v) is 6.48. The summed E-state index contributed by atoms with van der Waals surface area (Å²) in [5, 5.41) is 0. The Hall–Kier alpha value is -2.82. The molecule has 9 heteroatoms. The summed E-state index contributed by atoms with van der Waals surface area (Å²) in [5.74, 6) is -0.0551. The lowest BCUT2D eigenvalue weighted by molar-refractivity contribution is 0.0866. The third-order valence-electron chi connectivity index (χ3n) is 6.48. The number of aromatic nitrogens is 2. The van der Waals surface area contributed by atoms with Crippen molar-refractivity contribution in [2.75, 3.05) is 14.2 Å². The van der Waals surface area contributed by atoms with Gasteiger partial charge >= 0.3 is 5.76 Å². The fourth-order valence-electron chi connectivity index (χ4n) is 5.22. The number of aryl methyl sites for hydroxylation is 3. The Morgan fingerprint density at radius 1 is 1.06 bits per heavy atom. The predicted molar refractivity (Wildman–Crippen MR) is 128 cm³/mol. The van der Waals surface area contributed by atoms with Crippen LogP contribution in [0.2, 0.25) is 0 Å². The summed E-state index contributed by atoms with van der Waals surface area (Å²) < 4.78 is 6.85. The SMILES string of the molecule is CONCc1ccc2c(c1)CCc1cc(CNOC)ccc1C2(C[C@@H](C)N)c1nc(=O)on1C. The third kappa shape index (κ3) is 4.57. The Labute approximate surface area is 199 Å². The smallest absolute Gasteiger partial charge is 0.328 e. The molecule has 9 nitrogen and oxygen atoms in total. The van der Waals surface area contributed by atoms with Crippen LogP contribution in [0, 0.1) is 0 Å². The van der Waals surface area contributed by atoms with E-state index in [9.17, 15) is 4.79 Å². The Morgan fingerprint density at radius 3 is 2.00 bits per heavy atom. The van der Waals surface area contributed by atoms with Crippen LogP contribution in [0.4, 0.5) is 0 Å². The minimum absolute atomic E-state index is 0.157. The molecule has 0 aliphatic heterocycles. The Kier molecular flexibility index (Phi) is 7.30. The van der Waals surface area contributed by atoms with Crippen LogP contribution in [0.3, 0.4) is 0 Å². The van der Waals surface area contributed by atoms with Gasteiger partial charge in [0, 0.05) is 26.2 Å². The van der Waals surface area contributed by atoms with Crippen molar-refractivity contribution in [1.82, 2.24) is 20.7 Å². The van der Waals surface area contributed by atoms with E-state index in [4.69, 9.17) is 19.9 Å². The van der Waals surface area contributed by atoms with Crippen molar-refractivity contribution < 1.29 is 14.2 Å². The Bertz CT molecular complexity index is 1140. The van der Waals surface area contributed by atoms with Gasteiger partial charge in [-0.1, -0.05) is 36.4 Å². The minimum Gasteiger partial charge on any atom is -0.328 e. The average molecular weight is 468 g/mol. The summed E-state index contributed by atoms with van der Waals surface area (Å²) in [6.45, 7) is 3.16. The summed E-state index contributed by atoms with van der Waals surface area (Å²) >= 11 is 0. The minimum atomic E-state index is -0.739. The molecule has 0 spiro atoms. The number of hydroxylamine groups is 2. The number of hydrogen-bond donors (Lipinski definition) is 3. The Balaban J connectivity index is 1.99. The maximum absolute atomic E-state index is 12.3. The normalized spacial score (nSPS) is 15.4. The van der Waals surface area contributed by atoms with Crippen molar-refractivity contribution >= 4 is 0 Å². The highest BCUT2D eigenvalue weighted by atomic mass is 16.6. The van der Waals surface area contributed by atoms with Crippen LogP contribution in [-0.2, 0) is 48.1 Å². The Morgan fingerprint density at radius 2 is 1.59 bits per heavy atom. The summed E-state index contributed by atoms with van der Waals surface area (Å²) in [5.41, 5.74) is 18.4. The first kappa shape index (κ1) is 24.3. The molecule has 0 amide bonds. The fraction of sp³-hybridized carbons (Fsp3) is 0.440. The van der Waals surface area contributed by atoms with Gasteiger partial charge in [0.15, 0.2) is 5.82 Å². The number of nitrogens with one attached hydrogen (secondary N) is 2. The first-order valence-electron chi connectivity index (χ1n) is 11.5. The highest BCUT2D eigenvalue weighted by Crippen LogP contribution is 2.47. The molecule has 4 N–H and O–H groups in total. The van der Waals surface area contributed by atoms with E-state index in [1.165, 1.54) is 15.9 Å². The van der Waals surface area contributed by atoms with Crippen LogP contribution in [0.5, 0.6) is 0 Å². The molecule has 0 saturated heterocycles. The van der Waals surface area contributed by atoms with Gasteiger partial charge in [0.1, 0.15) is 0 Å². The zero-order valence-corrected chi connectivity index (χ0v) is 20.2. The zero-order valence-electron chi connectivity index (χ0n) is 20.2. The summed E-state index contributed by atoms with van der Waals surface area (Å²) in [7, 11) is 4.94. The quantitative estimate of drug-likeness (QED) is 0.408. The van der Waals surface area contributed by atoms with E-state index >= 15 is 0 Å². The monoisotopic (exact) mass is 467 g/mol. The second-order valence-corrected chi connectivity index (χ2v) is 8.91. The van der Waals surface area contributed by atoms with Crippen LogP contribution >= 0.6 is 0 Å². The van der Waals surface area contributed by atoms with Crippen molar-refractivity contribution in [3.05, 3.63) is 86.2 Å². The summed E-state index contributed by atoms with van der Waals surface area (Å²) in [6.07, 6.45) is 2.26. The molecule has 1 aromatic heterocycles. The molecular weight excluding hydrogens is 434 g/mol. The van der Waals surface area contributed by atoms with E-state index < -0.39 is 11.2 Å². The molecule has 0 saturated carbocycles. The molecule has 34 heavy (non-hydrogen) atoms. The van der Waals surface area contributed by atoms with Gasteiger partial charge in [0.05, 0.1) is 19.6 Å². The maximum Gasteiger partial charge on any atom is 0.459 e. The van der Waals surface area contributed by atoms with E-state index in [0.29, 0.717) is 25.3 Å². The molecule has 1 heterocycles. The van der Waals surface area contributed by atoms with Gasteiger partial charge in [-0.2, -0.15) is 20.7 Å². The van der Waals surface area contributed by atoms with Crippen molar-refractivity contribution in [1.29, 1.82) is 0 Å². The maximum atomic E-state index is 12.3. The molecule has 1 aliphatic rings. The fourth-order valence-corrected chi connectivity index (χ4v) is 5.22. The summed E-state index contributed by atoms with van der Waals surface area (Å²) in [4.78, 5) is 26.7. The molecule has 1 aliphatic carbocycles. The van der Waals surface area contributed by atoms with E-state index in [0.717, 1.165) is 35.1 Å². The topological polar surface area (TPSA) is 117 Å². The van der Waals surface area contributed by atoms with Crippen molar-refractivity contribution in [3.8, 4) is 0 Å². The average Bonchev–Trinajstić information content (AvgIpc) is 3.10. The number of fused-ring (bicyclic) bond motifs is 2. The number of hydrogen-bond acceptors (Lipinski definition) is 8. The lowest BCUT2D eigenvalue weighted by Gasteiger charge is -2.36. The molecule has 182 valence electrons. The van der Waals surface area contributed by atoms with E-state index in [1.807, 2.05) is 6.92 Å². The second-order valence-electron chi connectivity index (χ2n) is 8.91. The van der Waals surface area contributed by atoms with E-state index in [-0.39, 0.29) is 6.04 Å². The van der Waals surface area contributed by atoms with Crippen molar-refractivity contribution in [2.24, 2.45) is 12.8 Å². The highest BCUT2D eigenvalue weighted by molar-refractivity contribution is 5.56. The first-order valence-corrected chi connectivity index (χ1v) is 11.5. The molecule has 0 unspecified atom stereocenters. The molecule has 0 bridgehead atoms. The van der Waals surface area contributed by atoms with Crippen molar-refractivity contribution in [2.45, 2.75) is 50.7 Å². The molecule has 0 radical (unpaired) electrons. The molecule has 3 aromatic rings. The molecule has 2 aromatic carbocycles. The molecule has 0 fully saturated rings. The lowest BCUT2D eigenvalue weighted by atomic mass is 9.67. The van der Waals surface area contributed by atoms with Crippen LogP contribution in [-0.4, -0.2) is 30.0 Å². The van der Waals surface area contributed by atoms with Gasteiger partial charge in [0.25, 0.3) is 0 Å². The second kappa shape index (κ2) is 10.2. The van der Waals surface area contributed by atoms with E-state index in [2.05, 4.69) is 52.3 Å². The van der Waals surface area contributed by atoms with Gasteiger partial charge in [-0.15, -0.1) is 0 Å². The highest BCUT2D eigenvalue weighted by Gasteiger charge is 2.45.